The lowest BCUT2D eigenvalue weighted by Gasteiger charge is -2.33. The first-order valence-corrected chi connectivity index (χ1v) is 7.35. The summed E-state index contributed by atoms with van der Waals surface area (Å²) in [6.45, 7) is 0. The predicted octanol–water partition coefficient (Wildman–Crippen LogP) is 4.73. The molecule has 1 aliphatic rings. The Labute approximate surface area is 130 Å². The van der Waals surface area contributed by atoms with E-state index in [1.165, 1.54) is 0 Å². The van der Waals surface area contributed by atoms with E-state index in [1.807, 2.05) is 48.5 Å². The van der Waals surface area contributed by atoms with Gasteiger partial charge in [-0.1, -0.05) is 66.8 Å². The summed E-state index contributed by atoms with van der Waals surface area (Å²) in [5, 5.41) is 9.37. The fourth-order valence-electron chi connectivity index (χ4n) is 2.77. The molecular weight excluding hydrogens is 274 g/mol. The molecule has 21 heavy (non-hydrogen) atoms. The van der Waals surface area contributed by atoms with Gasteiger partial charge in [-0.05, 0) is 29.2 Å². The topological polar surface area (TPSA) is 23.8 Å². The lowest BCUT2D eigenvalue weighted by atomic mass is 9.79. The van der Waals surface area contributed by atoms with Gasteiger partial charge in [-0.2, -0.15) is 17.9 Å². The van der Waals surface area contributed by atoms with E-state index in [-0.39, 0.29) is 0 Å². The van der Waals surface area contributed by atoms with Crippen LogP contribution in [0.4, 0.5) is 0 Å². The highest BCUT2D eigenvalue weighted by molar-refractivity contribution is 7.82. The Morgan fingerprint density at radius 2 is 1.71 bits per heavy atom. The zero-order chi connectivity index (χ0) is 14.7. The molecule has 1 atom stereocenters. The fourth-order valence-corrected chi connectivity index (χ4v) is 3.22. The van der Waals surface area contributed by atoms with Gasteiger partial charge >= 0.3 is 0 Å². The van der Waals surface area contributed by atoms with Gasteiger partial charge in [0.15, 0.2) is 0 Å². The molecule has 0 aromatic heterocycles. The van der Waals surface area contributed by atoms with Crippen molar-refractivity contribution in [3.05, 3.63) is 89.5 Å². The molecule has 1 nitrogen and oxygen atoms in total. The highest BCUT2D eigenvalue weighted by atomic mass is 32.1. The van der Waals surface area contributed by atoms with Crippen LogP contribution in [0.5, 0.6) is 0 Å². The number of rotatable bonds is 2. The number of nitriles is 1. The Balaban J connectivity index is 2.18. The first kappa shape index (κ1) is 13.7. The normalized spacial score (nSPS) is 20.7. The molecular formula is C19H15NS. The number of hydrogen-bond acceptors (Lipinski definition) is 2. The van der Waals surface area contributed by atoms with Gasteiger partial charge in [-0.3, -0.25) is 0 Å². The Morgan fingerprint density at radius 3 is 2.48 bits per heavy atom. The van der Waals surface area contributed by atoms with Crippen LogP contribution in [0.3, 0.4) is 0 Å². The van der Waals surface area contributed by atoms with Gasteiger partial charge in [-0.15, -0.1) is 0 Å². The molecule has 0 saturated carbocycles. The summed E-state index contributed by atoms with van der Waals surface area (Å²) in [5.74, 6) is 0. The SMILES string of the molecule is N#Cc1ccccc1C1=CC=CCC1(S)c1ccccc1. The van der Waals surface area contributed by atoms with Gasteiger partial charge in [0.05, 0.1) is 16.4 Å². The van der Waals surface area contributed by atoms with E-state index >= 15 is 0 Å². The van der Waals surface area contributed by atoms with Crippen molar-refractivity contribution in [2.75, 3.05) is 0 Å². The van der Waals surface area contributed by atoms with Crippen LogP contribution in [0.2, 0.25) is 0 Å². The van der Waals surface area contributed by atoms with Crippen molar-refractivity contribution in [3.63, 3.8) is 0 Å². The zero-order valence-corrected chi connectivity index (χ0v) is 12.4. The van der Waals surface area contributed by atoms with Crippen molar-refractivity contribution in [2.24, 2.45) is 0 Å². The number of nitrogens with zero attached hydrogens (tertiary/aromatic N) is 1. The smallest absolute Gasteiger partial charge is 0.0998 e. The lowest BCUT2D eigenvalue weighted by molar-refractivity contribution is 0.807. The highest BCUT2D eigenvalue weighted by Gasteiger charge is 2.34. The molecule has 0 heterocycles. The van der Waals surface area contributed by atoms with Crippen LogP contribution in [-0.2, 0) is 4.75 Å². The van der Waals surface area contributed by atoms with E-state index < -0.39 is 4.75 Å². The van der Waals surface area contributed by atoms with E-state index in [0.29, 0.717) is 5.56 Å². The number of thiol groups is 1. The van der Waals surface area contributed by atoms with Crippen molar-refractivity contribution in [1.82, 2.24) is 0 Å². The Kier molecular flexibility index (Phi) is 3.68. The summed E-state index contributed by atoms with van der Waals surface area (Å²) < 4.78 is -0.400. The molecule has 2 heteroatoms. The van der Waals surface area contributed by atoms with Gasteiger partial charge in [-0.25, -0.2) is 0 Å². The Morgan fingerprint density at radius 1 is 1.00 bits per heavy atom. The second kappa shape index (κ2) is 5.63. The molecule has 1 unspecified atom stereocenters. The van der Waals surface area contributed by atoms with Gasteiger partial charge in [0.25, 0.3) is 0 Å². The molecule has 0 N–H and O–H groups in total. The molecule has 0 spiro atoms. The summed E-state index contributed by atoms with van der Waals surface area (Å²) >= 11 is 5.00. The van der Waals surface area contributed by atoms with E-state index in [2.05, 4.69) is 30.4 Å². The van der Waals surface area contributed by atoms with Crippen LogP contribution < -0.4 is 0 Å². The average Bonchev–Trinajstić information content (AvgIpc) is 2.56. The van der Waals surface area contributed by atoms with Crippen LogP contribution >= 0.6 is 12.6 Å². The summed E-state index contributed by atoms with van der Waals surface area (Å²) in [4.78, 5) is 0. The summed E-state index contributed by atoms with van der Waals surface area (Å²) in [5.41, 5.74) is 3.88. The molecule has 102 valence electrons. The summed E-state index contributed by atoms with van der Waals surface area (Å²) in [6, 6.07) is 20.2. The average molecular weight is 289 g/mol. The molecule has 1 aliphatic carbocycles. The minimum absolute atomic E-state index is 0.400. The third-order valence-electron chi connectivity index (χ3n) is 3.85. The molecule has 3 rings (SSSR count). The van der Waals surface area contributed by atoms with Crippen LogP contribution in [0.25, 0.3) is 5.57 Å². The van der Waals surface area contributed by atoms with Crippen molar-refractivity contribution in [3.8, 4) is 6.07 Å². The first-order chi connectivity index (χ1) is 10.3. The van der Waals surface area contributed by atoms with Crippen LogP contribution in [0.1, 0.15) is 23.1 Å². The van der Waals surface area contributed by atoms with Crippen LogP contribution in [0.15, 0.2) is 72.8 Å². The van der Waals surface area contributed by atoms with Crippen molar-refractivity contribution >= 4 is 18.2 Å². The van der Waals surface area contributed by atoms with Crippen molar-refractivity contribution < 1.29 is 0 Å². The first-order valence-electron chi connectivity index (χ1n) is 6.90. The molecule has 0 fully saturated rings. The predicted molar refractivity (Wildman–Crippen MR) is 90.0 cm³/mol. The van der Waals surface area contributed by atoms with Gasteiger partial charge in [0, 0.05) is 0 Å². The minimum atomic E-state index is -0.400. The summed E-state index contributed by atoms with van der Waals surface area (Å²) in [6.07, 6.45) is 7.05. The van der Waals surface area contributed by atoms with Crippen LogP contribution in [-0.4, -0.2) is 0 Å². The number of hydrogen-bond donors (Lipinski definition) is 1. The quantitative estimate of drug-likeness (QED) is 0.794. The van der Waals surface area contributed by atoms with Crippen molar-refractivity contribution in [2.45, 2.75) is 11.2 Å². The minimum Gasteiger partial charge on any atom is -0.192 e. The molecule has 0 bridgehead atoms. The Bertz CT molecular complexity index is 753. The highest BCUT2D eigenvalue weighted by Crippen LogP contribution is 2.47. The second-order valence-electron chi connectivity index (χ2n) is 5.10. The monoisotopic (exact) mass is 289 g/mol. The number of benzene rings is 2. The maximum atomic E-state index is 9.37. The molecule has 0 aliphatic heterocycles. The third-order valence-corrected chi connectivity index (χ3v) is 4.53. The molecule has 0 amide bonds. The molecule has 2 aromatic carbocycles. The fraction of sp³-hybridized carbons (Fsp3) is 0.105. The van der Waals surface area contributed by atoms with E-state index in [1.54, 1.807) is 0 Å². The van der Waals surface area contributed by atoms with E-state index in [9.17, 15) is 5.26 Å². The van der Waals surface area contributed by atoms with Gasteiger partial charge in [0.2, 0.25) is 0 Å². The standard InChI is InChI=1S/C19H15NS/c20-14-15-8-4-5-11-17(15)18-12-6-7-13-19(18,21)16-9-2-1-3-10-16/h1-12,21H,13H2. The molecule has 0 radical (unpaired) electrons. The largest absolute Gasteiger partial charge is 0.192 e. The number of allylic oxidation sites excluding steroid dienone is 3. The maximum absolute atomic E-state index is 9.37. The zero-order valence-electron chi connectivity index (χ0n) is 11.5. The van der Waals surface area contributed by atoms with E-state index in [0.717, 1.165) is 23.1 Å². The lowest BCUT2D eigenvalue weighted by Crippen LogP contribution is -2.22. The van der Waals surface area contributed by atoms with Gasteiger partial charge < -0.3 is 0 Å². The van der Waals surface area contributed by atoms with Gasteiger partial charge in [0.1, 0.15) is 0 Å². The summed E-state index contributed by atoms with van der Waals surface area (Å²) in [7, 11) is 0. The third kappa shape index (κ3) is 2.41. The van der Waals surface area contributed by atoms with E-state index in [4.69, 9.17) is 12.6 Å². The van der Waals surface area contributed by atoms with Crippen molar-refractivity contribution in [1.29, 1.82) is 5.26 Å². The Hall–Kier alpha value is -2.24. The maximum Gasteiger partial charge on any atom is 0.0998 e. The molecule has 0 saturated heterocycles. The molecule has 2 aromatic rings. The second-order valence-corrected chi connectivity index (χ2v) is 5.86. The van der Waals surface area contributed by atoms with Crippen LogP contribution in [0, 0.1) is 11.3 Å².